The van der Waals surface area contributed by atoms with Gasteiger partial charge in [0.1, 0.15) is 5.82 Å². The monoisotopic (exact) mass is 324 g/mol. The molecule has 122 valence electrons. The lowest BCUT2D eigenvalue weighted by molar-refractivity contribution is 0.0875. The fraction of sp³-hybridized carbons (Fsp3) is 0.211. The number of fused-ring (bicyclic) bond motifs is 2. The summed E-state index contributed by atoms with van der Waals surface area (Å²) in [7, 11) is 0. The minimum Gasteiger partial charge on any atom is -0.387 e. The summed E-state index contributed by atoms with van der Waals surface area (Å²) in [5, 5.41) is 10.7. The summed E-state index contributed by atoms with van der Waals surface area (Å²) in [4.78, 5) is 17.5. The van der Waals surface area contributed by atoms with Gasteiger partial charge in [0.25, 0.3) is 0 Å². The van der Waals surface area contributed by atoms with Crippen LogP contribution in [0.15, 0.2) is 53.3 Å². The average molecular weight is 324 g/mol. The molecule has 0 bridgehead atoms. The van der Waals surface area contributed by atoms with Crippen molar-refractivity contribution < 1.29 is 9.50 Å². The van der Waals surface area contributed by atoms with Crippen LogP contribution < -0.4 is 5.43 Å². The third kappa shape index (κ3) is 2.72. The molecule has 0 fully saturated rings. The fourth-order valence-corrected chi connectivity index (χ4v) is 3.37. The van der Waals surface area contributed by atoms with Crippen LogP contribution in [-0.4, -0.2) is 21.5 Å². The molecule has 0 saturated heterocycles. The van der Waals surface area contributed by atoms with E-state index in [0.29, 0.717) is 24.0 Å². The summed E-state index contributed by atoms with van der Waals surface area (Å²) in [5.41, 5.74) is 3.25. The number of β-amino-alcohol motifs (C(OH)–C–C–N with tert-alkyl or cyclic N) is 1. The van der Waals surface area contributed by atoms with Crippen LogP contribution in [0.1, 0.15) is 22.9 Å². The van der Waals surface area contributed by atoms with Crippen molar-refractivity contribution in [2.45, 2.75) is 19.2 Å². The Morgan fingerprint density at radius 1 is 1.21 bits per heavy atom. The number of hydrogen-bond donors (Lipinski definition) is 2. The average Bonchev–Trinajstić information content (AvgIpc) is 2.56. The fourth-order valence-electron chi connectivity index (χ4n) is 3.37. The van der Waals surface area contributed by atoms with Crippen molar-refractivity contribution in [3.05, 3.63) is 81.4 Å². The molecule has 0 amide bonds. The Kier molecular flexibility index (Phi) is 3.67. The van der Waals surface area contributed by atoms with Gasteiger partial charge in [-0.1, -0.05) is 24.3 Å². The van der Waals surface area contributed by atoms with E-state index in [1.54, 1.807) is 6.07 Å². The molecule has 1 atom stereocenters. The number of nitrogens with one attached hydrogen (secondary N) is 1. The lowest BCUT2D eigenvalue weighted by atomic mass is 9.97. The van der Waals surface area contributed by atoms with Crippen molar-refractivity contribution in [1.82, 2.24) is 9.88 Å². The summed E-state index contributed by atoms with van der Waals surface area (Å²) in [6.45, 7) is 1.76. The molecule has 0 spiro atoms. The molecule has 1 aromatic heterocycles. The van der Waals surface area contributed by atoms with E-state index >= 15 is 0 Å². The van der Waals surface area contributed by atoms with Gasteiger partial charge >= 0.3 is 0 Å². The van der Waals surface area contributed by atoms with Crippen LogP contribution in [0, 0.1) is 5.82 Å². The van der Waals surface area contributed by atoms with Crippen LogP contribution in [0.25, 0.3) is 10.9 Å². The molecule has 0 saturated carbocycles. The molecule has 1 unspecified atom stereocenters. The molecule has 3 aromatic rings. The number of H-pyrrole nitrogens is 1. The van der Waals surface area contributed by atoms with Gasteiger partial charge in [-0.3, -0.25) is 9.69 Å². The van der Waals surface area contributed by atoms with E-state index in [1.807, 2.05) is 24.3 Å². The van der Waals surface area contributed by atoms with Crippen LogP contribution in [0.3, 0.4) is 0 Å². The van der Waals surface area contributed by atoms with Crippen LogP contribution in [0.5, 0.6) is 0 Å². The van der Waals surface area contributed by atoms with Gasteiger partial charge in [-0.25, -0.2) is 4.39 Å². The van der Waals surface area contributed by atoms with E-state index in [2.05, 4.69) is 9.88 Å². The normalized spacial score (nSPS) is 17.8. The first kappa shape index (κ1) is 15.1. The van der Waals surface area contributed by atoms with E-state index in [1.165, 1.54) is 18.2 Å². The van der Waals surface area contributed by atoms with Crippen LogP contribution in [0.2, 0.25) is 0 Å². The molecular formula is C19H17FN2O2. The van der Waals surface area contributed by atoms with Gasteiger partial charge in [0.05, 0.1) is 6.10 Å². The Morgan fingerprint density at radius 2 is 2.04 bits per heavy atom. The van der Waals surface area contributed by atoms with Crippen molar-refractivity contribution in [3.8, 4) is 0 Å². The quantitative estimate of drug-likeness (QED) is 0.762. The number of hydrogen-bond acceptors (Lipinski definition) is 3. The molecule has 2 heterocycles. The Bertz CT molecular complexity index is 967. The number of benzene rings is 2. The van der Waals surface area contributed by atoms with E-state index in [0.717, 1.165) is 23.4 Å². The Balaban J connectivity index is 1.63. The van der Waals surface area contributed by atoms with Crippen molar-refractivity contribution in [3.63, 3.8) is 0 Å². The number of aromatic amines is 1. The highest BCUT2D eigenvalue weighted by Gasteiger charge is 2.23. The van der Waals surface area contributed by atoms with Crippen LogP contribution in [-0.2, 0) is 13.1 Å². The minimum absolute atomic E-state index is 0.198. The number of aliphatic hydroxyl groups excluding tert-OH is 1. The molecule has 1 aliphatic rings. The van der Waals surface area contributed by atoms with Crippen molar-refractivity contribution >= 4 is 10.9 Å². The molecule has 24 heavy (non-hydrogen) atoms. The predicted molar refractivity (Wildman–Crippen MR) is 90.0 cm³/mol. The van der Waals surface area contributed by atoms with Gasteiger partial charge in [0.2, 0.25) is 0 Å². The predicted octanol–water partition coefficient (Wildman–Crippen LogP) is 2.72. The second kappa shape index (κ2) is 5.85. The van der Waals surface area contributed by atoms with Crippen LogP contribution >= 0.6 is 0 Å². The molecule has 5 heteroatoms. The summed E-state index contributed by atoms with van der Waals surface area (Å²) in [5.74, 6) is -0.420. The number of aliphatic hydroxyl groups is 1. The zero-order valence-corrected chi connectivity index (χ0v) is 13.0. The second-order valence-electron chi connectivity index (χ2n) is 6.23. The third-order valence-electron chi connectivity index (χ3n) is 4.48. The van der Waals surface area contributed by atoms with Crippen LogP contribution in [0.4, 0.5) is 4.39 Å². The molecule has 1 aliphatic heterocycles. The van der Waals surface area contributed by atoms with E-state index < -0.39 is 11.9 Å². The van der Waals surface area contributed by atoms with Gasteiger partial charge in [-0.2, -0.15) is 0 Å². The molecule has 2 aromatic carbocycles. The van der Waals surface area contributed by atoms with E-state index in [9.17, 15) is 14.3 Å². The van der Waals surface area contributed by atoms with E-state index in [-0.39, 0.29) is 5.43 Å². The van der Waals surface area contributed by atoms with Crippen molar-refractivity contribution in [1.29, 1.82) is 0 Å². The van der Waals surface area contributed by atoms with Gasteiger partial charge in [-0.05, 0) is 29.3 Å². The lowest BCUT2D eigenvalue weighted by Crippen LogP contribution is -2.33. The number of nitrogens with zero attached hydrogens (tertiary/aromatic N) is 1. The molecule has 2 N–H and O–H groups in total. The van der Waals surface area contributed by atoms with E-state index in [4.69, 9.17) is 0 Å². The first-order valence-corrected chi connectivity index (χ1v) is 7.90. The SMILES string of the molecule is O=c1cc(CN2Cc3ccccc3C(O)C2)[nH]c2ccc(F)cc12. The summed E-state index contributed by atoms with van der Waals surface area (Å²) in [6.07, 6.45) is -0.531. The van der Waals surface area contributed by atoms with Gasteiger partial charge < -0.3 is 10.1 Å². The Labute approximate surface area is 138 Å². The third-order valence-corrected chi connectivity index (χ3v) is 4.48. The number of halogens is 1. The highest BCUT2D eigenvalue weighted by atomic mass is 19.1. The highest BCUT2D eigenvalue weighted by Crippen LogP contribution is 2.27. The number of aromatic nitrogens is 1. The standard InChI is InChI=1S/C19H17FN2O2/c20-13-5-6-17-16(7-13)18(23)8-14(21-17)10-22-9-12-3-1-2-4-15(12)19(24)11-22/h1-8,19,24H,9-11H2,(H,21,23). The van der Waals surface area contributed by atoms with Crippen molar-refractivity contribution in [2.24, 2.45) is 0 Å². The molecule has 4 nitrogen and oxygen atoms in total. The Morgan fingerprint density at radius 3 is 2.92 bits per heavy atom. The molecule has 0 aliphatic carbocycles. The second-order valence-corrected chi connectivity index (χ2v) is 6.23. The minimum atomic E-state index is -0.531. The largest absolute Gasteiger partial charge is 0.387 e. The summed E-state index contributed by atoms with van der Waals surface area (Å²) < 4.78 is 13.3. The maximum atomic E-state index is 13.3. The van der Waals surface area contributed by atoms with Gasteiger partial charge in [-0.15, -0.1) is 0 Å². The Hall–Kier alpha value is -2.50. The molecule has 0 radical (unpaired) electrons. The zero-order chi connectivity index (χ0) is 16.7. The number of rotatable bonds is 2. The van der Waals surface area contributed by atoms with Gasteiger partial charge in [0.15, 0.2) is 5.43 Å². The molecular weight excluding hydrogens is 307 g/mol. The smallest absolute Gasteiger partial charge is 0.189 e. The maximum Gasteiger partial charge on any atom is 0.189 e. The molecule has 4 rings (SSSR count). The summed E-state index contributed by atoms with van der Waals surface area (Å²) in [6, 6.07) is 13.5. The lowest BCUT2D eigenvalue weighted by Gasteiger charge is -2.32. The maximum absolute atomic E-state index is 13.3. The topological polar surface area (TPSA) is 56.3 Å². The first-order chi connectivity index (χ1) is 11.6. The number of pyridine rings is 1. The summed E-state index contributed by atoms with van der Waals surface area (Å²) >= 11 is 0. The first-order valence-electron chi connectivity index (χ1n) is 7.90. The zero-order valence-electron chi connectivity index (χ0n) is 13.0. The van der Waals surface area contributed by atoms with Gasteiger partial charge in [0, 0.05) is 42.3 Å². The highest BCUT2D eigenvalue weighted by molar-refractivity contribution is 5.78. The van der Waals surface area contributed by atoms with Crippen molar-refractivity contribution in [2.75, 3.05) is 6.54 Å².